The normalized spacial score (nSPS) is 14.3. The average molecular weight is 374 g/mol. The zero-order valence-corrected chi connectivity index (χ0v) is 16.3. The highest BCUT2D eigenvalue weighted by Crippen LogP contribution is 2.42. The van der Waals surface area contributed by atoms with Gasteiger partial charge in [0.25, 0.3) is 0 Å². The minimum Gasteiger partial charge on any atom is -0.492 e. The molecular weight excluding hydrogens is 351 g/mol. The zero-order chi connectivity index (χ0) is 19.9. The number of ether oxygens (including phenoxy) is 1. The number of aryl methyl sites for hydroxylation is 1. The summed E-state index contributed by atoms with van der Waals surface area (Å²) in [6.07, 6.45) is 1.83. The zero-order valence-electron chi connectivity index (χ0n) is 16.3. The number of benzene rings is 2. The number of pyridine rings is 1. The Morgan fingerprint density at radius 2 is 1.96 bits per heavy atom. The Kier molecular flexibility index (Phi) is 4.42. The van der Waals surface area contributed by atoms with Crippen molar-refractivity contribution in [2.45, 2.75) is 26.2 Å². The highest BCUT2D eigenvalue weighted by molar-refractivity contribution is 5.76. The second-order valence-electron chi connectivity index (χ2n) is 7.85. The number of fused-ring (bicyclic) bond motifs is 1. The molecule has 0 fully saturated rings. The molecule has 0 spiro atoms. The van der Waals surface area contributed by atoms with Gasteiger partial charge in [-0.3, -0.25) is 0 Å². The lowest BCUT2D eigenvalue weighted by Crippen LogP contribution is -2.18. The molecule has 1 aliphatic heterocycles. The van der Waals surface area contributed by atoms with E-state index in [2.05, 4.69) is 49.8 Å². The first kappa shape index (κ1) is 18.2. The van der Waals surface area contributed by atoms with Crippen molar-refractivity contribution in [1.29, 1.82) is 0 Å². The van der Waals surface area contributed by atoms with E-state index in [1.165, 1.54) is 11.6 Å². The van der Waals surface area contributed by atoms with Crippen molar-refractivity contribution in [3.63, 3.8) is 0 Å². The molecule has 28 heavy (non-hydrogen) atoms. The summed E-state index contributed by atoms with van der Waals surface area (Å²) in [5, 5.41) is 3.08. The van der Waals surface area contributed by atoms with Gasteiger partial charge < -0.3 is 10.1 Å². The number of aromatic nitrogens is 1. The lowest BCUT2D eigenvalue weighted by atomic mass is 9.84. The Bertz CT molecular complexity index is 1050. The van der Waals surface area contributed by atoms with Crippen LogP contribution in [0.2, 0.25) is 0 Å². The maximum Gasteiger partial charge on any atom is 0.132 e. The molecule has 0 bridgehead atoms. The highest BCUT2D eigenvalue weighted by atomic mass is 19.1. The summed E-state index contributed by atoms with van der Waals surface area (Å²) in [5.41, 5.74) is 5.47. The van der Waals surface area contributed by atoms with Crippen molar-refractivity contribution < 1.29 is 9.13 Å². The second-order valence-corrected chi connectivity index (χ2v) is 7.85. The van der Waals surface area contributed by atoms with E-state index in [0.29, 0.717) is 23.7 Å². The molecular formula is C24H23FN2O. The molecule has 0 saturated heterocycles. The van der Waals surface area contributed by atoms with Gasteiger partial charge in [-0.15, -0.1) is 0 Å². The van der Waals surface area contributed by atoms with Crippen molar-refractivity contribution in [2.24, 2.45) is 0 Å². The van der Waals surface area contributed by atoms with Crippen molar-refractivity contribution in [3.05, 3.63) is 83.8 Å². The van der Waals surface area contributed by atoms with Gasteiger partial charge in [-0.2, -0.15) is 0 Å². The topological polar surface area (TPSA) is 34.1 Å². The molecule has 0 radical (unpaired) electrons. The third-order valence-corrected chi connectivity index (χ3v) is 5.20. The summed E-state index contributed by atoms with van der Waals surface area (Å²) < 4.78 is 19.7. The first-order chi connectivity index (χ1) is 13.3. The predicted molar refractivity (Wildman–Crippen MR) is 112 cm³/mol. The standard InChI is InChI=1S/C24H23FN2O/c1-15-11-22-20(24(3,4)14-28-22)12-19(15)17-9-10-23(26-13-17)27-16(2)18-7-5-6-8-21(18)25/h5-13H,2,14H2,1,3-4H3,(H,26,27). The summed E-state index contributed by atoms with van der Waals surface area (Å²) in [6.45, 7) is 11.1. The van der Waals surface area contributed by atoms with Crippen LogP contribution < -0.4 is 10.1 Å². The van der Waals surface area contributed by atoms with E-state index in [4.69, 9.17) is 4.74 Å². The van der Waals surface area contributed by atoms with Crippen LogP contribution in [0.5, 0.6) is 5.75 Å². The van der Waals surface area contributed by atoms with Gasteiger partial charge in [0.15, 0.2) is 0 Å². The molecule has 1 aliphatic rings. The van der Waals surface area contributed by atoms with Crippen molar-refractivity contribution in [1.82, 2.24) is 4.98 Å². The number of hydrogen-bond donors (Lipinski definition) is 1. The number of nitrogens with one attached hydrogen (secondary N) is 1. The van der Waals surface area contributed by atoms with Crippen molar-refractivity contribution >= 4 is 11.5 Å². The fourth-order valence-electron chi connectivity index (χ4n) is 3.53. The lowest BCUT2D eigenvalue weighted by molar-refractivity contribution is 0.291. The number of hydrogen-bond acceptors (Lipinski definition) is 3. The Morgan fingerprint density at radius 3 is 2.68 bits per heavy atom. The number of nitrogens with zero attached hydrogens (tertiary/aromatic N) is 1. The number of rotatable bonds is 4. The molecule has 3 aromatic rings. The summed E-state index contributed by atoms with van der Waals surface area (Å²) >= 11 is 0. The maximum absolute atomic E-state index is 13.9. The molecule has 4 heteroatoms. The third kappa shape index (κ3) is 3.26. The first-order valence-corrected chi connectivity index (χ1v) is 9.30. The molecule has 0 saturated carbocycles. The molecule has 0 aliphatic carbocycles. The Hall–Kier alpha value is -3.14. The van der Waals surface area contributed by atoms with Gasteiger partial charge in [0.2, 0.25) is 0 Å². The van der Waals surface area contributed by atoms with Crippen molar-refractivity contribution in [3.8, 4) is 16.9 Å². The smallest absolute Gasteiger partial charge is 0.132 e. The van der Waals surface area contributed by atoms with E-state index in [1.54, 1.807) is 18.2 Å². The number of halogens is 1. The molecule has 0 unspecified atom stereocenters. The maximum atomic E-state index is 13.9. The summed E-state index contributed by atoms with van der Waals surface area (Å²) in [4.78, 5) is 4.50. The SMILES string of the molecule is C=C(Nc1ccc(-c2cc3c(cc2C)OCC3(C)C)cn1)c1ccccc1F. The first-order valence-electron chi connectivity index (χ1n) is 9.30. The van der Waals surface area contributed by atoms with Gasteiger partial charge >= 0.3 is 0 Å². The van der Waals surface area contributed by atoms with E-state index in [-0.39, 0.29) is 11.2 Å². The van der Waals surface area contributed by atoms with E-state index < -0.39 is 0 Å². The molecule has 2 aromatic carbocycles. The van der Waals surface area contributed by atoms with Crippen LogP contribution >= 0.6 is 0 Å². The van der Waals surface area contributed by atoms with E-state index in [9.17, 15) is 4.39 Å². The van der Waals surface area contributed by atoms with Gasteiger partial charge in [0, 0.05) is 34.0 Å². The second kappa shape index (κ2) is 6.79. The molecule has 2 heterocycles. The van der Waals surface area contributed by atoms with Crippen LogP contribution in [0, 0.1) is 12.7 Å². The van der Waals surface area contributed by atoms with E-state index >= 15 is 0 Å². The molecule has 3 nitrogen and oxygen atoms in total. The summed E-state index contributed by atoms with van der Waals surface area (Å²) in [6, 6.07) is 14.8. The fraction of sp³-hybridized carbons (Fsp3) is 0.208. The van der Waals surface area contributed by atoms with E-state index in [0.717, 1.165) is 22.4 Å². The van der Waals surface area contributed by atoms with Crippen LogP contribution in [0.1, 0.15) is 30.5 Å². The minimum absolute atomic E-state index is 0.00417. The van der Waals surface area contributed by atoms with Gasteiger partial charge in [0.1, 0.15) is 17.4 Å². The summed E-state index contributed by atoms with van der Waals surface area (Å²) in [7, 11) is 0. The van der Waals surface area contributed by atoms with Crippen LogP contribution in [0.3, 0.4) is 0 Å². The Morgan fingerprint density at radius 1 is 1.18 bits per heavy atom. The fourth-order valence-corrected chi connectivity index (χ4v) is 3.53. The Labute approximate surface area is 164 Å². The van der Waals surface area contributed by atoms with Crippen LogP contribution in [0.15, 0.2) is 61.3 Å². The molecule has 0 atom stereocenters. The third-order valence-electron chi connectivity index (χ3n) is 5.20. The van der Waals surface area contributed by atoms with Gasteiger partial charge in [-0.25, -0.2) is 9.37 Å². The molecule has 0 amide bonds. The molecule has 1 N–H and O–H groups in total. The molecule has 1 aromatic heterocycles. The van der Waals surface area contributed by atoms with Crippen LogP contribution in [-0.4, -0.2) is 11.6 Å². The number of anilines is 1. The average Bonchev–Trinajstić information content (AvgIpc) is 2.96. The Balaban J connectivity index is 1.59. The van der Waals surface area contributed by atoms with Gasteiger partial charge in [0.05, 0.1) is 6.61 Å². The molecule has 142 valence electrons. The van der Waals surface area contributed by atoms with Crippen LogP contribution in [0.4, 0.5) is 10.2 Å². The minimum atomic E-state index is -0.310. The predicted octanol–water partition coefficient (Wildman–Crippen LogP) is 5.95. The summed E-state index contributed by atoms with van der Waals surface area (Å²) in [5.74, 6) is 1.29. The largest absolute Gasteiger partial charge is 0.492 e. The van der Waals surface area contributed by atoms with Gasteiger partial charge in [-0.1, -0.05) is 32.6 Å². The quantitative estimate of drug-likeness (QED) is 0.613. The van der Waals surface area contributed by atoms with Crippen LogP contribution in [0.25, 0.3) is 16.8 Å². The lowest BCUT2D eigenvalue weighted by Gasteiger charge is -2.17. The highest BCUT2D eigenvalue weighted by Gasteiger charge is 2.32. The molecule has 4 rings (SSSR count). The van der Waals surface area contributed by atoms with Crippen molar-refractivity contribution in [2.75, 3.05) is 11.9 Å². The van der Waals surface area contributed by atoms with E-state index in [1.807, 2.05) is 18.3 Å². The monoisotopic (exact) mass is 374 g/mol. The van der Waals surface area contributed by atoms with Crippen LogP contribution in [-0.2, 0) is 5.41 Å². The van der Waals surface area contributed by atoms with Gasteiger partial charge in [-0.05, 0) is 54.4 Å².